The van der Waals surface area contributed by atoms with Gasteiger partial charge in [0.05, 0.1) is 0 Å². The molecule has 2 nitrogen and oxygen atoms in total. The highest BCUT2D eigenvalue weighted by molar-refractivity contribution is 5.82. The standard InChI is InChI=1S/C14H25NO/c1-14(2,11-7-4-3-5-8-11)13(16)15-12-9-6-10-12/h11-12H,3-10H2,1-2H3,(H,15,16). The SMILES string of the molecule is CC(C)(C(=O)NC1CCC1)C1CCCCC1. The molecule has 1 amide bonds. The van der Waals surface area contributed by atoms with Gasteiger partial charge in [-0.15, -0.1) is 0 Å². The zero-order valence-corrected chi connectivity index (χ0v) is 10.7. The Kier molecular flexibility index (Phi) is 3.56. The van der Waals surface area contributed by atoms with Crippen LogP contribution in [0.25, 0.3) is 0 Å². The summed E-state index contributed by atoms with van der Waals surface area (Å²) in [6.45, 7) is 4.27. The lowest BCUT2D eigenvalue weighted by Crippen LogP contribution is -2.48. The number of rotatable bonds is 3. The number of nitrogens with one attached hydrogen (secondary N) is 1. The van der Waals surface area contributed by atoms with Crippen molar-refractivity contribution in [3.05, 3.63) is 0 Å². The number of hydrogen-bond acceptors (Lipinski definition) is 1. The summed E-state index contributed by atoms with van der Waals surface area (Å²) in [4.78, 5) is 12.3. The van der Waals surface area contributed by atoms with Crippen molar-refractivity contribution in [2.45, 2.75) is 71.3 Å². The van der Waals surface area contributed by atoms with E-state index in [2.05, 4.69) is 19.2 Å². The molecule has 0 aromatic rings. The zero-order chi connectivity index (χ0) is 11.6. The molecule has 2 saturated carbocycles. The normalized spacial score (nSPS) is 23.9. The molecule has 16 heavy (non-hydrogen) atoms. The first-order valence-electron chi connectivity index (χ1n) is 6.91. The monoisotopic (exact) mass is 223 g/mol. The number of amides is 1. The number of carbonyl (C=O) groups is 1. The van der Waals surface area contributed by atoms with Gasteiger partial charge in [0.15, 0.2) is 0 Å². The fourth-order valence-corrected chi connectivity index (χ4v) is 2.93. The molecule has 0 atom stereocenters. The molecule has 2 rings (SSSR count). The van der Waals surface area contributed by atoms with E-state index in [1.165, 1.54) is 51.4 Å². The Hall–Kier alpha value is -0.530. The predicted molar refractivity (Wildman–Crippen MR) is 66.1 cm³/mol. The summed E-state index contributed by atoms with van der Waals surface area (Å²) in [6.07, 6.45) is 10.1. The largest absolute Gasteiger partial charge is 0.353 e. The first kappa shape index (κ1) is 11.9. The highest BCUT2D eigenvalue weighted by Crippen LogP contribution is 2.38. The summed E-state index contributed by atoms with van der Waals surface area (Å²) in [6, 6.07) is 0.482. The molecule has 0 heterocycles. The van der Waals surface area contributed by atoms with Gasteiger partial charge in [0.1, 0.15) is 0 Å². The van der Waals surface area contributed by atoms with Crippen molar-refractivity contribution in [2.24, 2.45) is 11.3 Å². The second-order valence-corrected chi connectivity index (χ2v) is 6.16. The summed E-state index contributed by atoms with van der Waals surface area (Å²) < 4.78 is 0. The third-order valence-electron chi connectivity index (χ3n) is 4.65. The smallest absolute Gasteiger partial charge is 0.226 e. The van der Waals surface area contributed by atoms with Gasteiger partial charge >= 0.3 is 0 Å². The van der Waals surface area contributed by atoms with Gasteiger partial charge < -0.3 is 5.32 Å². The molecule has 0 aromatic heterocycles. The Morgan fingerprint density at radius 1 is 1.00 bits per heavy atom. The summed E-state index contributed by atoms with van der Waals surface area (Å²) >= 11 is 0. The van der Waals surface area contributed by atoms with Gasteiger partial charge in [0.25, 0.3) is 0 Å². The van der Waals surface area contributed by atoms with Gasteiger partial charge in [-0.25, -0.2) is 0 Å². The third-order valence-corrected chi connectivity index (χ3v) is 4.65. The van der Waals surface area contributed by atoms with Crippen molar-refractivity contribution in [1.29, 1.82) is 0 Å². The van der Waals surface area contributed by atoms with Crippen molar-refractivity contribution < 1.29 is 4.79 Å². The fraction of sp³-hybridized carbons (Fsp3) is 0.929. The second-order valence-electron chi connectivity index (χ2n) is 6.16. The van der Waals surface area contributed by atoms with Gasteiger partial charge in [-0.1, -0.05) is 33.1 Å². The molecule has 2 aliphatic rings. The van der Waals surface area contributed by atoms with E-state index in [0.29, 0.717) is 17.9 Å². The molecule has 0 unspecified atom stereocenters. The van der Waals surface area contributed by atoms with Gasteiger partial charge in [-0.05, 0) is 38.0 Å². The minimum atomic E-state index is -0.157. The van der Waals surface area contributed by atoms with Crippen molar-refractivity contribution in [1.82, 2.24) is 5.32 Å². The molecular weight excluding hydrogens is 198 g/mol. The number of carbonyl (C=O) groups excluding carboxylic acids is 1. The average Bonchev–Trinajstić information content (AvgIpc) is 2.24. The van der Waals surface area contributed by atoms with E-state index >= 15 is 0 Å². The van der Waals surface area contributed by atoms with E-state index in [-0.39, 0.29) is 5.41 Å². The maximum absolute atomic E-state index is 12.3. The Balaban J connectivity index is 1.90. The maximum atomic E-state index is 12.3. The van der Waals surface area contributed by atoms with Crippen molar-refractivity contribution in [3.8, 4) is 0 Å². The molecule has 2 aliphatic carbocycles. The molecule has 0 saturated heterocycles. The van der Waals surface area contributed by atoms with Crippen LogP contribution in [-0.2, 0) is 4.79 Å². The van der Waals surface area contributed by atoms with Crippen molar-refractivity contribution in [2.75, 3.05) is 0 Å². The molecule has 2 heteroatoms. The van der Waals surface area contributed by atoms with Crippen LogP contribution in [0, 0.1) is 11.3 Å². The van der Waals surface area contributed by atoms with Crippen LogP contribution in [0.4, 0.5) is 0 Å². The maximum Gasteiger partial charge on any atom is 0.226 e. The van der Waals surface area contributed by atoms with Crippen molar-refractivity contribution in [3.63, 3.8) is 0 Å². The van der Waals surface area contributed by atoms with Gasteiger partial charge in [-0.2, -0.15) is 0 Å². The molecule has 1 N–H and O–H groups in total. The highest BCUT2D eigenvalue weighted by Gasteiger charge is 2.38. The Morgan fingerprint density at radius 2 is 1.62 bits per heavy atom. The lowest BCUT2D eigenvalue weighted by Gasteiger charge is -2.38. The van der Waals surface area contributed by atoms with Crippen LogP contribution >= 0.6 is 0 Å². The lowest BCUT2D eigenvalue weighted by molar-refractivity contribution is -0.134. The lowest BCUT2D eigenvalue weighted by atomic mass is 9.70. The molecule has 92 valence electrons. The van der Waals surface area contributed by atoms with Gasteiger partial charge in [0, 0.05) is 11.5 Å². The molecule has 0 aromatic carbocycles. The van der Waals surface area contributed by atoms with Crippen LogP contribution in [0.2, 0.25) is 0 Å². The summed E-state index contributed by atoms with van der Waals surface area (Å²) in [5.41, 5.74) is -0.157. The molecule has 0 bridgehead atoms. The van der Waals surface area contributed by atoms with E-state index in [4.69, 9.17) is 0 Å². The van der Waals surface area contributed by atoms with Crippen LogP contribution in [0.5, 0.6) is 0 Å². The minimum Gasteiger partial charge on any atom is -0.353 e. The first-order valence-corrected chi connectivity index (χ1v) is 6.91. The second kappa shape index (κ2) is 4.77. The van der Waals surface area contributed by atoms with Crippen LogP contribution in [0.1, 0.15) is 65.2 Å². The Morgan fingerprint density at radius 3 is 2.12 bits per heavy atom. The summed E-state index contributed by atoms with van der Waals surface area (Å²) in [7, 11) is 0. The Bertz CT molecular complexity index is 249. The van der Waals surface area contributed by atoms with Gasteiger partial charge in [-0.3, -0.25) is 4.79 Å². The van der Waals surface area contributed by atoms with E-state index < -0.39 is 0 Å². The zero-order valence-electron chi connectivity index (χ0n) is 10.7. The van der Waals surface area contributed by atoms with E-state index in [1.807, 2.05) is 0 Å². The first-order chi connectivity index (χ1) is 7.60. The third kappa shape index (κ3) is 2.41. The molecule has 0 aliphatic heterocycles. The van der Waals surface area contributed by atoms with E-state index in [1.54, 1.807) is 0 Å². The van der Waals surface area contributed by atoms with Crippen molar-refractivity contribution >= 4 is 5.91 Å². The topological polar surface area (TPSA) is 29.1 Å². The van der Waals surface area contributed by atoms with Crippen LogP contribution in [-0.4, -0.2) is 11.9 Å². The quantitative estimate of drug-likeness (QED) is 0.781. The molecule has 0 spiro atoms. The van der Waals surface area contributed by atoms with Crippen LogP contribution in [0.15, 0.2) is 0 Å². The van der Waals surface area contributed by atoms with Crippen LogP contribution in [0.3, 0.4) is 0 Å². The fourth-order valence-electron chi connectivity index (χ4n) is 2.93. The van der Waals surface area contributed by atoms with E-state index in [9.17, 15) is 4.79 Å². The minimum absolute atomic E-state index is 0.157. The van der Waals surface area contributed by atoms with Crippen LogP contribution < -0.4 is 5.32 Å². The van der Waals surface area contributed by atoms with Gasteiger partial charge in [0.2, 0.25) is 5.91 Å². The highest BCUT2D eigenvalue weighted by atomic mass is 16.2. The summed E-state index contributed by atoms with van der Waals surface area (Å²) in [5, 5.41) is 3.21. The molecule has 2 fully saturated rings. The molecule has 0 radical (unpaired) electrons. The predicted octanol–water partition coefficient (Wildman–Crippen LogP) is 3.26. The van der Waals surface area contributed by atoms with E-state index in [0.717, 1.165) is 0 Å². The Labute approximate surface area is 99.2 Å². The summed E-state index contributed by atoms with van der Waals surface area (Å²) in [5.74, 6) is 0.894. The molecular formula is C14H25NO. The number of hydrogen-bond donors (Lipinski definition) is 1. The average molecular weight is 223 g/mol.